The number of amides is 1. The zero-order chi connectivity index (χ0) is 17.5. The van der Waals surface area contributed by atoms with Gasteiger partial charge in [-0.25, -0.2) is 4.98 Å². The summed E-state index contributed by atoms with van der Waals surface area (Å²) in [6, 6.07) is 15.1. The minimum absolute atomic E-state index is 0.163. The number of hydrogen-bond donors (Lipinski definition) is 1. The van der Waals surface area contributed by atoms with Crippen LogP contribution in [0.15, 0.2) is 66.2 Å². The molecule has 3 aromatic rings. The standard InChI is InChI=1S/C20H18N2O2S/c1-2-7-16-8-3-4-9-17(16)24-13-15-12-18(25-14-15)20(23)22-19-10-5-6-11-21-19/h2-12,14H,13H2,1H3,(H,21,22,23)/b7-2+. The lowest BCUT2D eigenvalue weighted by atomic mass is 10.2. The van der Waals surface area contributed by atoms with Crippen molar-refractivity contribution in [1.29, 1.82) is 0 Å². The van der Waals surface area contributed by atoms with Gasteiger partial charge in [0.25, 0.3) is 5.91 Å². The van der Waals surface area contributed by atoms with Gasteiger partial charge in [0.1, 0.15) is 18.2 Å². The quantitative estimate of drug-likeness (QED) is 0.680. The number of nitrogens with zero attached hydrogens (tertiary/aromatic N) is 1. The summed E-state index contributed by atoms with van der Waals surface area (Å²) in [7, 11) is 0. The van der Waals surface area contributed by atoms with Crippen molar-refractivity contribution in [1.82, 2.24) is 4.98 Å². The Morgan fingerprint density at radius 3 is 2.88 bits per heavy atom. The molecule has 0 aliphatic heterocycles. The summed E-state index contributed by atoms with van der Waals surface area (Å²) in [5.41, 5.74) is 2.00. The molecule has 0 saturated carbocycles. The number of para-hydroxylation sites is 1. The number of allylic oxidation sites excluding steroid dienone is 1. The van der Waals surface area contributed by atoms with Gasteiger partial charge in [-0.1, -0.05) is 36.4 Å². The number of benzene rings is 1. The van der Waals surface area contributed by atoms with E-state index in [9.17, 15) is 4.79 Å². The van der Waals surface area contributed by atoms with Gasteiger partial charge in [0.15, 0.2) is 0 Å². The lowest BCUT2D eigenvalue weighted by Gasteiger charge is -2.08. The third kappa shape index (κ3) is 4.55. The summed E-state index contributed by atoms with van der Waals surface area (Å²) >= 11 is 1.39. The Bertz CT molecular complexity index is 872. The Morgan fingerprint density at radius 1 is 1.24 bits per heavy atom. The fourth-order valence-corrected chi connectivity index (χ4v) is 3.07. The summed E-state index contributed by atoms with van der Waals surface area (Å²) in [6.45, 7) is 2.39. The number of hydrogen-bond acceptors (Lipinski definition) is 4. The number of nitrogens with one attached hydrogen (secondary N) is 1. The summed E-state index contributed by atoms with van der Waals surface area (Å²) in [5, 5.41) is 4.72. The molecule has 0 unspecified atom stereocenters. The van der Waals surface area contributed by atoms with Gasteiger partial charge in [0.2, 0.25) is 0 Å². The van der Waals surface area contributed by atoms with Crippen molar-refractivity contribution in [3.05, 3.63) is 82.2 Å². The van der Waals surface area contributed by atoms with E-state index >= 15 is 0 Å². The van der Waals surface area contributed by atoms with Crippen LogP contribution >= 0.6 is 11.3 Å². The average Bonchev–Trinajstić information content (AvgIpc) is 3.11. The number of aromatic nitrogens is 1. The van der Waals surface area contributed by atoms with E-state index in [0.717, 1.165) is 16.9 Å². The molecule has 1 N–H and O–H groups in total. The molecule has 1 aromatic carbocycles. The maximum atomic E-state index is 12.3. The Labute approximate surface area is 150 Å². The van der Waals surface area contributed by atoms with Crippen molar-refractivity contribution in [3.63, 3.8) is 0 Å². The predicted molar refractivity (Wildman–Crippen MR) is 102 cm³/mol. The monoisotopic (exact) mass is 350 g/mol. The number of pyridine rings is 1. The van der Waals surface area contributed by atoms with Crippen molar-refractivity contribution in [2.75, 3.05) is 5.32 Å². The molecule has 0 aliphatic carbocycles. The second kappa shape index (κ2) is 8.26. The van der Waals surface area contributed by atoms with Crippen LogP contribution in [0.3, 0.4) is 0 Å². The van der Waals surface area contributed by atoms with Crippen LogP contribution < -0.4 is 10.1 Å². The number of ether oxygens (including phenoxy) is 1. The first-order valence-electron chi connectivity index (χ1n) is 7.90. The molecule has 4 nitrogen and oxygen atoms in total. The van der Waals surface area contributed by atoms with Gasteiger partial charge in [-0.05, 0) is 36.6 Å². The highest BCUT2D eigenvalue weighted by molar-refractivity contribution is 7.12. The Kier molecular flexibility index (Phi) is 5.59. The molecular formula is C20H18N2O2S. The van der Waals surface area contributed by atoms with E-state index in [4.69, 9.17) is 4.74 Å². The maximum absolute atomic E-state index is 12.3. The Balaban J connectivity index is 1.63. The van der Waals surface area contributed by atoms with Crippen LogP contribution in [-0.2, 0) is 6.61 Å². The number of rotatable bonds is 6. The maximum Gasteiger partial charge on any atom is 0.266 e. The lowest BCUT2D eigenvalue weighted by Crippen LogP contribution is -2.11. The largest absolute Gasteiger partial charge is 0.488 e. The number of thiophene rings is 1. The van der Waals surface area contributed by atoms with Crippen LogP contribution in [0.4, 0.5) is 5.82 Å². The zero-order valence-electron chi connectivity index (χ0n) is 13.8. The van der Waals surface area contributed by atoms with E-state index in [1.165, 1.54) is 11.3 Å². The van der Waals surface area contributed by atoms with E-state index < -0.39 is 0 Å². The second-order valence-corrected chi connectivity index (χ2v) is 6.23. The highest BCUT2D eigenvalue weighted by Gasteiger charge is 2.10. The van der Waals surface area contributed by atoms with Gasteiger partial charge in [0, 0.05) is 17.3 Å². The third-order valence-corrected chi connectivity index (χ3v) is 4.42. The van der Waals surface area contributed by atoms with Crippen molar-refractivity contribution in [2.45, 2.75) is 13.5 Å². The SMILES string of the molecule is C/C=C/c1ccccc1OCc1csc(C(=O)Nc2ccccn2)c1. The minimum Gasteiger partial charge on any atom is -0.488 e. The highest BCUT2D eigenvalue weighted by atomic mass is 32.1. The van der Waals surface area contributed by atoms with Crippen molar-refractivity contribution < 1.29 is 9.53 Å². The molecule has 0 atom stereocenters. The molecule has 0 radical (unpaired) electrons. The predicted octanol–water partition coefficient (Wildman–Crippen LogP) is 5.01. The van der Waals surface area contributed by atoms with Crippen LogP contribution in [0.5, 0.6) is 5.75 Å². The molecule has 1 amide bonds. The van der Waals surface area contributed by atoms with Crippen molar-refractivity contribution in [3.8, 4) is 5.75 Å². The molecule has 3 rings (SSSR count). The average molecular weight is 350 g/mol. The van der Waals surface area contributed by atoms with Crippen LogP contribution in [0.2, 0.25) is 0 Å². The summed E-state index contributed by atoms with van der Waals surface area (Å²) in [5.74, 6) is 1.20. The molecule has 0 spiro atoms. The fraction of sp³-hybridized carbons (Fsp3) is 0.100. The van der Waals surface area contributed by atoms with Gasteiger partial charge in [-0.3, -0.25) is 4.79 Å². The van der Waals surface area contributed by atoms with Gasteiger partial charge in [-0.15, -0.1) is 11.3 Å². The third-order valence-electron chi connectivity index (χ3n) is 3.44. The van der Waals surface area contributed by atoms with Crippen LogP contribution in [0, 0.1) is 0 Å². The van der Waals surface area contributed by atoms with Crippen molar-refractivity contribution >= 4 is 29.1 Å². The fourth-order valence-electron chi connectivity index (χ4n) is 2.28. The summed E-state index contributed by atoms with van der Waals surface area (Å²) in [6.07, 6.45) is 5.63. The number of anilines is 1. The van der Waals surface area contributed by atoms with Crippen LogP contribution in [0.1, 0.15) is 27.7 Å². The van der Waals surface area contributed by atoms with E-state index in [-0.39, 0.29) is 5.91 Å². The van der Waals surface area contributed by atoms with Gasteiger partial charge >= 0.3 is 0 Å². The zero-order valence-corrected chi connectivity index (χ0v) is 14.6. The smallest absolute Gasteiger partial charge is 0.266 e. The summed E-state index contributed by atoms with van der Waals surface area (Å²) < 4.78 is 5.90. The van der Waals surface area contributed by atoms with Gasteiger partial charge in [0.05, 0.1) is 4.88 Å². The molecule has 0 fully saturated rings. The number of carbonyl (C=O) groups is 1. The van der Waals surface area contributed by atoms with Gasteiger partial charge in [-0.2, -0.15) is 0 Å². The molecule has 2 heterocycles. The molecule has 126 valence electrons. The Hall–Kier alpha value is -2.92. The van der Waals surface area contributed by atoms with E-state index in [1.807, 2.05) is 66.9 Å². The van der Waals surface area contributed by atoms with Crippen LogP contribution in [0.25, 0.3) is 6.08 Å². The minimum atomic E-state index is -0.163. The molecule has 25 heavy (non-hydrogen) atoms. The van der Waals surface area contributed by atoms with Gasteiger partial charge < -0.3 is 10.1 Å². The van der Waals surface area contributed by atoms with Crippen LogP contribution in [-0.4, -0.2) is 10.9 Å². The Morgan fingerprint density at radius 2 is 2.08 bits per heavy atom. The normalized spacial score (nSPS) is 10.8. The first-order chi connectivity index (χ1) is 12.3. The first-order valence-corrected chi connectivity index (χ1v) is 8.78. The lowest BCUT2D eigenvalue weighted by molar-refractivity contribution is 0.103. The van der Waals surface area contributed by atoms with E-state index in [1.54, 1.807) is 12.3 Å². The number of carbonyl (C=O) groups excluding carboxylic acids is 1. The topological polar surface area (TPSA) is 51.2 Å². The molecule has 0 bridgehead atoms. The highest BCUT2D eigenvalue weighted by Crippen LogP contribution is 2.22. The van der Waals surface area contributed by atoms with E-state index in [0.29, 0.717) is 17.3 Å². The molecule has 0 saturated heterocycles. The second-order valence-electron chi connectivity index (χ2n) is 5.31. The molecule has 5 heteroatoms. The summed E-state index contributed by atoms with van der Waals surface area (Å²) in [4.78, 5) is 17.0. The van der Waals surface area contributed by atoms with Crippen molar-refractivity contribution in [2.24, 2.45) is 0 Å². The first kappa shape index (κ1) is 16.9. The molecule has 2 aromatic heterocycles. The van der Waals surface area contributed by atoms with E-state index in [2.05, 4.69) is 10.3 Å². The molecule has 0 aliphatic rings. The molecular weight excluding hydrogens is 332 g/mol.